The third-order valence-electron chi connectivity index (χ3n) is 2.08. The van der Waals surface area contributed by atoms with Gasteiger partial charge in [0, 0.05) is 16.6 Å². The predicted molar refractivity (Wildman–Crippen MR) is 54.9 cm³/mol. The fraction of sp³-hybridized carbons (Fsp3) is 0.400. The van der Waals surface area contributed by atoms with Gasteiger partial charge in [-0.25, -0.2) is 0 Å². The number of rotatable bonds is 2. The Kier molecular flexibility index (Phi) is 3.17. The van der Waals surface area contributed by atoms with Crippen LogP contribution in [0.1, 0.15) is 25.5 Å². The highest BCUT2D eigenvalue weighted by Crippen LogP contribution is 2.33. The third kappa shape index (κ3) is 2.14. The van der Waals surface area contributed by atoms with Crippen molar-refractivity contribution in [2.75, 3.05) is 0 Å². The van der Waals surface area contributed by atoms with Gasteiger partial charge in [-0.1, -0.05) is 31.5 Å². The average Bonchev–Trinajstić information content (AvgIpc) is 2.03. The molecule has 13 heavy (non-hydrogen) atoms. The van der Waals surface area contributed by atoms with Gasteiger partial charge in [-0.3, -0.25) is 0 Å². The van der Waals surface area contributed by atoms with Crippen LogP contribution in [0.3, 0.4) is 0 Å². The van der Waals surface area contributed by atoms with E-state index in [2.05, 4.69) is 0 Å². The van der Waals surface area contributed by atoms with E-state index in [1.165, 1.54) is 0 Å². The predicted octanol–water partition coefficient (Wildman–Crippen LogP) is 2.70. The van der Waals surface area contributed by atoms with Crippen LogP contribution in [0.25, 0.3) is 0 Å². The molecule has 3 N–H and O–H groups in total. The van der Waals surface area contributed by atoms with Crippen LogP contribution >= 0.6 is 11.6 Å². The maximum atomic E-state index is 9.55. The summed E-state index contributed by atoms with van der Waals surface area (Å²) in [6.07, 6.45) is 0. The zero-order valence-corrected chi connectivity index (χ0v) is 8.55. The lowest BCUT2D eigenvalue weighted by Crippen LogP contribution is -2.17. The maximum absolute atomic E-state index is 9.55. The summed E-state index contributed by atoms with van der Waals surface area (Å²) < 4.78 is 0. The summed E-state index contributed by atoms with van der Waals surface area (Å²) >= 11 is 5.93. The number of benzene rings is 1. The van der Waals surface area contributed by atoms with Crippen LogP contribution in [0.2, 0.25) is 5.02 Å². The fourth-order valence-electron chi connectivity index (χ4n) is 1.19. The van der Waals surface area contributed by atoms with Gasteiger partial charge in [0.2, 0.25) is 0 Å². The Balaban J connectivity index is 3.12. The molecule has 1 atom stereocenters. The van der Waals surface area contributed by atoms with E-state index in [4.69, 9.17) is 17.3 Å². The number of nitrogens with two attached hydrogens (primary N) is 1. The van der Waals surface area contributed by atoms with Gasteiger partial charge in [-0.05, 0) is 18.1 Å². The number of hydrogen-bond donors (Lipinski definition) is 2. The lowest BCUT2D eigenvalue weighted by atomic mass is 9.96. The smallest absolute Gasteiger partial charge is 0.121 e. The summed E-state index contributed by atoms with van der Waals surface area (Å²) in [7, 11) is 0. The quantitative estimate of drug-likeness (QED) is 0.770. The Morgan fingerprint density at radius 3 is 2.46 bits per heavy atom. The molecule has 1 aromatic carbocycles. The lowest BCUT2D eigenvalue weighted by molar-refractivity contribution is 0.440. The molecule has 2 nitrogen and oxygen atoms in total. The molecule has 72 valence electrons. The van der Waals surface area contributed by atoms with E-state index in [-0.39, 0.29) is 17.7 Å². The minimum atomic E-state index is -0.214. The second-order valence-electron chi connectivity index (χ2n) is 3.44. The SMILES string of the molecule is CC(C)[C@H](N)c1c(O)cccc1Cl. The number of hydrogen-bond acceptors (Lipinski definition) is 2. The molecular formula is C10H14ClNO. The van der Waals surface area contributed by atoms with Gasteiger partial charge in [0.1, 0.15) is 5.75 Å². The van der Waals surface area contributed by atoms with E-state index in [0.29, 0.717) is 10.6 Å². The fourth-order valence-corrected chi connectivity index (χ4v) is 1.48. The van der Waals surface area contributed by atoms with Crippen molar-refractivity contribution < 1.29 is 5.11 Å². The number of halogens is 1. The third-order valence-corrected chi connectivity index (χ3v) is 2.41. The first kappa shape index (κ1) is 10.4. The van der Waals surface area contributed by atoms with Crippen molar-refractivity contribution in [2.24, 2.45) is 11.7 Å². The highest BCUT2D eigenvalue weighted by atomic mass is 35.5. The van der Waals surface area contributed by atoms with Crippen LogP contribution in [0, 0.1) is 5.92 Å². The van der Waals surface area contributed by atoms with Crippen molar-refractivity contribution in [3.63, 3.8) is 0 Å². The summed E-state index contributed by atoms with van der Waals surface area (Å²) in [4.78, 5) is 0. The molecule has 0 amide bonds. The first-order valence-corrected chi connectivity index (χ1v) is 4.64. The van der Waals surface area contributed by atoms with Crippen LogP contribution in [0.5, 0.6) is 5.75 Å². The Morgan fingerprint density at radius 2 is 2.00 bits per heavy atom. The minimum absolute atomic E-state index is 0.175. The molecule has 0 aliphatic rings. The monoisotopic (exact) mass is 199 g/mol. The summed E-state index contributed by atoms with van der Waals surface area (Å²) in [6, 6.07) is 4.82. The van der Waals surface area contributed by atoms with Gasteiger partial charge in [0.05, 0.1) is 0 Å². The highest BCUT2D eigenvalue weighted by Gasteiger charge is 2.17. The van der Waals surface area contributed by atoms with Gasteiger partial charge < -0.3 is 10.8 Å². The molecule has 1 aromatic rings. The Bertz CT molecular complexity index is 279. The molecule has 3 heteroatoms. The Hall–Kier alpha value is -0.730. The number of phenols is 1. The zero-order valence-electron chi connectivity index (χ0n) is 7.79. The van der Waals surface area contributed by atoms with Crippen molar-refractivity contribution in [1.29, 1.82) is 0 Å². The van der Waals surface area contributed by atoms with Gasteiger partial charge in [0.15, 0.2) is 0 Å². The van der Waals surface area contributed by atoms with Gasteiger partial charge >= 0.3 is 0 Å². The van der Waals surface area contributed by atoms with Crippen LogP contribution in [0.4, 0.5) is 0 Å². The molecule has 0 radical (unpaired) electrons. The Morgan fingerprint density at radius 1 is 1.38 bits per heavy atom. The first-order valence-electron chi connectivity index (χ1n) is 4.27. The molecule has 0 aromatic heterocycles. The van der Waals surface area contributed by atoms with Crippen molar-refractivity contribution in [3.8, 4) is 5.75 Å². The van der Waals surface area contributed by atoms with Gasteiger partial charge in [0.25, 0.3) is 0 Å². The number of phenolic OH excluding ortho intramolecular Hbond substituents is 1. The summed E-state index contributed by atoms with van der Waals surface area (Å²) in [6.45, 7) is 3.99. The van der Waals surface area contributed by atoms with Crippen molar-refractivity contribution >= 4 is 11.6 Å². The minimum Gasteiger partial charge on any atom is -0.508 e. The van der Waals surface area contributed by atoms with E-state index in [1.54, 1.807) is 18.2 Å². The largest absolute Gasteiger partial charge is 0.508 e. The lowest BCUT2D eigenvalue weighted by Gasteiger charge is -2.18. The van der Waals surface area contributed by atoms with Crippen LogP contribution in [0.15, 0.2) is 18.2 Å². The molecule has 0 saturated heterocycles. The van der Waals surface area contributed by atoms with E-state index in [9.17, 15) is 5.11 Å². The van der Waals surface area contributed by atoms with Crippen molar-refractivity contribution in [2.45, 2.75) is 19.9 Å². The van der Waals surface area contributed by atoms with Crippen molar-refractivity contribution in [1.82, 2.24) is 0 Å². The standard InChI is InChI=1S/C10H14ClNO/c1-6(2)10(12)9-7(11)4-3-5-8(9)13/h3-6,10,13H,12H2,1-2H3/t10-/m0/s1. The second kappa shape index (κ2) is 3.99. The summed E-state index contributed by atoms with van der Waals surface area (Å²) in [5.74, 6) is 0.430. The molecule has 0 bridgehead atoms. The molecule has 0 aliphatic carbocycles. The first-order chi connectivity index (χ1) is 6.04. The van der Waals surface area contributed by atoms with Crippen molar-refractivity contribution in [3.05, 3.63) is 28.8 Å². The highest BCUT2D eigenvalue weighted by molar-refractivity contribution is 6.31. The molecule has 0 spiro atoms. The summed E-state index contributed by atoms with van der Waals surface area (Å²) in [5, 5.41) is 10.1. The Labute approximate surface area is 83.3 Å². The maximum Gasteiger partial charge on any atom is 0.121 e. The normalized spacial score (nSPS) is 13.3. The topological polar surface area (TPSA) is 46.2 Å². The van der Waals surface area contributed by atoms with Gasteiger partial charge in [-0.2, -0.15) is 0 Å². The molecule has 0 heterocycles. The van der Waals surface area contributed by atoms with E-state index in [0.717, 1.165) is 0 Å². The molecule has 0 saturated carbocycles. The average molecular weight is 200 g/mol. The molecular weight excluding hydrogens is 186 g/mol. The van der Waals surface area contributed by atoms with Crippen LogP contribution in [-0.2, 0) is 0 Å². The van der Waals surface area contributed by atoms with Crippen LogP contribution < -0.4 is 5.73 Å². The molecule has 1 rings (SSSR count). The van der Waals surface area contributed by atoms with Gasteiger partial charge in [-0.15, -0.1) is 0 Å². The second-order valence-corrected chi connectivity index (χ2v) is 3.85. The molecule has 0 aliphatic heterocycles. The molecule has 0 unspecified atom stereocenters. The molecule has 0 fully saturated rings. The van der Waals surface area contributed by atoms with E-state index < -0.39 is 0 Å². The zero-order chi connectivity index (χ0) is 10.0. The number of aromatic hydroxyl groups is 1. The summed E-state index contributed by atoms with van der Waals surface area (Å²) in [5.41, 5.74) is 6.53. The van der Waals surface area contributed by atoms with E-state index >= 15 is 0 Å². The van der Waals surface area contributed by atoms with Crippen LogP contribution in [-0.4, -0.2) is 5.11 Å². The van der Waals surface area contributed by atoms with E-state index in [1.807, 2.05) is 13.8 Å².